The normalized spacial score (nSPS) is 10.5. The number of carbonyl (C=O) groups excluding carboxylic acids is 1. The average molecular weight is 202 g/mol. The van der Waals surface area contributed by atoms with Gasteiger partial charge in [-0.3, -0.25) is 4.79 Å². The van der Waals surface area contributed by atoms with Crippen LogP contribution in [0.3, 0.4) is 0 Å². The van der Waals surface area contributed by atoms with Crippen molar-refractivity contribution in [3.63, 3.8) is 0 Å². The fraction of sp³-hybridized carbons (Fsp3) is 0. The molecule has 2 nitrogen and oxygen atoms in total. The van der Waals surface area contributed by atoms with Gasteiger partial charge in [-0.05, 0) is 17.7 Å². The highest BCUT2D eigenvalue weighted by atomic mass is 35.5. The van der Waals surface area contributed by atoms with Crippen molar-refractivity contribution in [2.75, 3.05) is 0 Å². The van der Waals surface area contributed by atoms with Gasteiger partial charge in [-0.1, -0.05) is 29.8 Å². The summed E-state index contributed by atoms with van der Waals surface area (Å²) >= 11 is 10.8. The Bertz CT molecular complexity index is 323. The first-order valence-corrected chi connectivity index (χ1v) is 3.94. The van der Waals surface area contributed by atoms with Gasteiger partial charge in [0.1, 0.15) is 0 Å². The molecule has 0 saturated carbocycles. The van der Waals surface area contributed by atoms with E-state index in [1.165, 1.54) is 6.21 Å². The van der Waals surface area contributed by atoms with Crippen molar-refractivity contribution in [1.29, 1.82) is 0 Å². The Morgan fingerprint density at radius 2 is 2.08 bits per heavy atom. The van der Waals surface area contributed by atoms with E-state index in [1.54, 1.807) is 24.3 Å². The lowest BCUT2D eigenvalue weighted by Crippen LogP contribution is -1.83. The van der Waals surface area contributed by atoms with E-state index in [4.69, 9.17) is 23.2 Å². The Balaban J connectivity index is 2.89. The molecule has 0 N–H and O–H groups in total. The topological polar surface area (TPSA) is 29.4 Å². The van der Waals surface area contributed by atoms with Gasteiger partial charge in [0.2, 0.25) is 0 Å². The van der Waals surface area contributed by atoms with Gasteiger partial charge in [0.15, 0.2) is 0 Å². The van der Waals surface area contributed by atoms with Crippen molar-refractivity contribution in [2.45, 2.75) is 0 Å². The quantitative estimate of drug-likeness (QED) is 0.390. The number of carbonyl (C=O) groups is 1. The third-order valence-electron chi connectivity index (χ3n) is 1.21. The van der Waals surface area contributed by atoms with E-state index in [2.05, 4.69) is 4.99 Å². The SMILES string of the molecule is O=C(Cl)/N=C/c1ccccc1Cl. The van der Waals surface area contributed by atoms with Crippen molar-refractivity contribution in [3.05, 3.63) is 34.9 Å². The van der Waals surface area contributed by atoms with Crippen molar-refractivity contribution >= 4 is 34.8 Å². The van der Waals surface area contributed by atoms with Gasteiger partial charge >= 0.3 is 5.37 Å². The maximum atomic E-state index is 10.3. The monoisotopic (exact) mass is 201 g/mol. The molecule has 1 aromatic rings. The van der Waals surface area contributed by atoms with E-state index < -0.39 is 5.37 Å². The van der Waals surface area contributed by atoms with Crippen LogP contribution in [0.2, 0.25) is 5.02 Å². The van der Waals surface area contributed by atoms with Crippen LogP contribution in [0.1, 0.15) is 5.56 Å². The van der Waals surface area contributed by atoms with Crippen LogP contribution in [-0.2, 0) is 0 Å². The zero-order valence-corrected chi connectivity index (χ0v) is 7.51. The molecule has 0 fully saturated rings. The zero-order valence-electron chi connectivity index (χ0n) is 6.00. The summed E-state index contributed by atoms with van der Waals surface area (Å²) in [6, 6.07) is 7.04. The molecule has 0 spiro atoms. The number of halogens is 2. The van der Waals surface area contributed by atoms with Crippen LogP contribution in [0.15, 0.2) is 29.3 Å². The minimum atomic E-state index is -0.755. The fourth-order valence-corrected chi connectivity index (χ4v) is 0.933. The predicted octanol–water partition coefficient (Wildman–Crippen LogP) is 3.12. The Morgan fingerprint density at radius 1 is 1.42 bits per heavy atom. The van der Waals surface area contributed by atoms with Crippen LogP contribution in [0, 0.1) is 0 Å². The van der Waals surface area contributed by atoms with Crippen LogP contribution in [-0.4, -0.2) is 11.6 Å². The first-order valence-electron chi connectivity index (χ1n) is 3.18. The molecular formula is C8H5Cl2NO. The van der Waals surface area contributed by atoms with Crippen LogP contribution >= 0.6 is 23.2 Å². The Labute approximate surface area is 79.8 Å². The van der Waals surface area contributed by atoms with Crippen molar-refractivity contribution < 1.29 is 4.79 Å². The molecule has 62 valence electrons. The number of benzene rings is 1. The van der Waals surface area contributed by atoms with E-state index in [0.29, 0.717) is 10.6 Å². The van der Waals surface area contributed by atoms with Gasteiger partial charge in [-0.15, -0.1) is 0 Å². The molecule has 0 bridgehead atoms. The molecule has 12 heavy (non-hydrogen) atoms. The zero-order chi connectivity index (χ0) is 8.97. The molecule has 0 saturated heterocycles. The van der Waals surface area contributed by atoms with Crippen LogP contribution in [0.4, 0.5) is 4.79 Å². The lowest BCUT2D eigenvalue weighted by molar-refractivity contribution is 0.266. The maximum Gasteiger partial charge on any atom is 0.339 e. The number of amides is 1. The van der Waals surface area contributed by atoms with E-state index >= 15 is 0 Å². The summed E-state index contributed by atoms with van der Waals surface area (Å²) in [5.41, 5.74) is 0.674. The highest BCUT2D eigenvalue weighted by molar-refractivity contribution is 6.63. The first kappa shape index (κ1) is 9.23. The molecule has 1 aromatic carbocycles. The molecule has 0 aliphatic rings. The average Bonchev–Trinajstić information content (AvgIpc) is 2.03. The van der Waals surface area contributed by atoms with Gasteiger partial charge < -0.3 is 0 Å². The molecule has 0 aliphatic carbocycles. The summed E-state index contributed by atoms with van der Waals surface area (Å²) in [5.74, 6) is 0. The summed E-state index contributed by atoms with van der Waals surface area (Å²) in [6.45, 7) is 0. The molecule has 1 amide bonds. The van der Waals surface area contributed by atoms with Gasteiger partial charge in [0, 0.05) is 16.8 Å². The lowest BCUT2D eigenvalue weighted by atomic mass is 10.2. The van der Waals surface area contributed by atoms with Crippen LogP contribution in [0.25, 0.3) is 0 Å². The van der Waals surface area contributed by atoms with E-state index in [1.807, 2.05) is 0 Å². The Hall–Kier alpha value is -0.860. The highest BCUT2D eigenvalue weighted by Gasteiger charge is 1.94. The second kappa shape index (κ2) is 4.24. The van der Waals surface area contributed by atoms with Crippen LogP contribution in [0.5, 0.6) is 0 Å². The molecule has 1 rings (SSSR count). The highest BCUT2D eigenvalue weighted by Crippen LogP contribution is 2.12. The molecule has 0 unspecified atom stereocenters. The van der Waals surface area contributed by atoms with E-state index in [-0.39, 0.29) is 0 Å². The largest absolute Gasteiger partial charge is 0.339 e. The molecule has 0 aromatic heterocycles. The second-order valence-corrected chi connectivity index (χ2v) is 2.76. The fourth-order valence-electron chi connectivity index (χ4n) is 0.700. The number of nitrogens with zero attached hydrogens (tertiary/aromatic N) is 1. The second-order valence-electron chi connectivity index (χ2n) is 2.03. The summed E-state index contributed by atoms with van der Waals surface area (Å²) in [6.07, 6.45) is 1.33. The molecule has 0 heterocycles. The Kier molecular flexibility index (Phi) is 3.26. The van der Waals surface area contributed by atoms with Crippen molar-refractivity contribution in [3.8, 4) is 0 Å². The van der Waals surface area contributed by atoms with Gasteiger partial charge in [-0.25, -0.2) is 4.99 Å². The van der Waals surface area contributed by atoms with Gasteiger partial charge in [0.05, 0.1) is 0 Å². The summed E-state index contributed by atoms with van der Waals surface area (Å²) in [5, 5.41) is -0.214. The third kappa shape index (κ3) is 2.64. The summed E-state index contributed by atoms with van der Waals surface area (Å²) in [4.78, 5) is 13.6. The van der Waals surface area contributed by atoms with E-state index in [0.717, 1.165) is 0 Å². The summed E-state index contributed by atoms with van der Waals surface area (Å²) < 4.78 is 0. The minimum Gasteiger partial charge on any atom is -0.253 e. The van der Waals surface area contributed by atoms with Crippen molar-refractivity contribution in [1.82, 2.24) is 0 Å². The number of aliphatic imine (C=N–C) groups is 1. The number of hydrogen-bond acceptors (Lipinski definition) is 1. The van der Waals surface area contributed by atoms with Gasteiger partial charge in [0.25, 0.3) is 0 Å². The lowest BCUT2D eigenvalue weighted by Gasteiger charge is -1.93. The molecular weight excluding hydrogens is 197 g/mol. The molecule has 0 atom stereocenters. The first-order chi connectivity index (χ1) is 5.70. The van der Waals surface area contributed by atoms with E-state index in [9.17, 15) is 4.79 Å². The minimum absolute atomic E-state index is 0.541. The smallest absolute Gasteiger partial charge is 0.253 e. The van der Waals surface area contributed by atoms with Crippen LogP contribution < -0.4 is 0 Å². The predicted molar refractivity (Wildman–Crippen MR) is 50.3 cm³/mol. The molecule has 0 radical (unpaired) electrons. The third-order valence-corrected chi connectivity index (χ3v) is 1.65. The Morgan fingerprint density at radius 3 is 2.67 bits per heavy atom. The maximum absolute atomic E-state index is 10.3. The standard InChI is InChI=1S/C8H5Cl2NO/c9-7-4-2-1-3-6(7)5-11-8(10)12/h1-5H/b11-5+. The van der Waals surface area contributed by atoms with Crippen molar-refractivity contribution in [2.24, 2.45) is 4.99 Å². The molecule has 0 aliphatic heterocycles. The number of hydrogen-bond donors (Lipinski definition) is 0. The number of rotatable bonds is 1. The molecule has 4 heteroatoms. The van der Waals surface area contributed by atoms with Gasteiger partial charge in [-0.2, -0.15) is 0 Å². The summed E-state index contributed by atoms with van der Waals surface area (Å²) in [7, 11) is 0.